The average Bonchev–Trinajstić information content (AvgIpc) is 1.87. The van der Waals surface area contributed by atoms with Gasteiger partial charge in [-0.1, -0.05) is 0 Å². The molecule has 1 rings (SSSR count). The Balaban J connectivity index is 2.64. The van der Waals surface area contributed by atoms with Crippen LogP contribution in [0, 0.1) is 0 Å². The van der Waals surface area contributed by atoms with E-state index in [9.17, 15) is 13.2 Å². The molecule has 1 aliphatic rings. The highest BCUT2D eigenvalue weighted by Crippen LogP contribution is 2.33. The van der Waals surface area contributed by atoms with Gasteiger partial charge in [0.2, 0.25) is 0 Å². The minimum absolute atomic E-state index is 0.121. The minimum atomic E-state index is -4.28. The lowest BCUT2D eigenvalue weighted by Crippen LogP contribution is -2.56. The molecule has 1 saturated heterocycles. The van der Waals surface area contributed by atoms with Crippen molar-refractivity contribution in [2.24, 2.45) is 0 Å². The second-order valence-electron chi connectivity index (χ2n) is 2.75. The average molecular weight is 169 g/mol. The van der Waals surface area contributed by atoms with Gasteiger partial charge >= 0.3 is 6.18 Å². The van der Waals surface area contributed by atoms with Crippen molar-refractivity contribution in [1.29, 1.82) is 0 Å². The first-order valence-electron chi connectivity index (χ1n) is 3.37. The van der Waals surface area contributed by atoms with Gasteiger partial charge in [-0.15, -0.1) is 0 Å². The predicted molar refractivity (Wildman–Crippen MR) is 33.3 cm³/mol. The van der Waals surface area contributed by atoms with Gasteiger partial charge in [-0.25, -0.2) is 0 Å². The fourth-order valence-electron chi connectivity index (χ4n) is 0.908. The smallest absolute Gasteiger partial charge is 0.363 e. The molecule has 0 saturated carbocycles. The number of hydrogen-bond donors (Lipinski definition) is 1. The molecule has 2 nitrogen and oxygen atoms in total. The maximum absolute atomic E-state index is 12.2. The first-order chi connectivity index (χ1) is 4.96. The van der Waals surface area contributed by atoms with E-state index in [2.05, 4.69) is 10.1 Å². The Morgan fingerprint density at radius 2 is 2.09 bits per heavy atom. The Hall–Kier alpha value is -0.290. The van der Waals surface area contributed by atoms with Crippen LogP contribution in [-0.4, -0.2) is 31.5 Å². The maximum Gasteiger partial charge on any atom is 0.418 e. The van der Waals surface area contributed by atoms with E-state index in [0.29, 0.717) is 6.54 Å². The molecule has 11 heavy (non-hydrogen) atoms. The largest absolute Gasteiger partial charge is 0.418 e. The minimum Gasteiger partial charge on any atom is -0.363 e. The topological polar surface area (TPSA) is 21.3 Å². The van der Waals surface area contributed by atoms with Crippen LogP contribution < -0.4 is 5.32 Å². The van der Waals surface area contributed by atoms with E-state index in [1.165, 1.54) is 0 Å². The van der Waals surface area contributed by atoms with Crippen molar-refractivity contribution < 1.29 is 17.9 Å². The molecule has 1 aliphatic heterocycles. The molecule has 0 aliphatic carbocycles. The maximum atomic E-state index is 12.2. The first kappa shape index (κ1) is 8.80. The fourth-order valence-corrected chi connectivity index (χ4v) is 0.908. The van der Waals surface area contributed by atoms with Gasteiger partial charge in [-0.3, -0.25) is 0 Å². The lowest BCUT2D eigenvalue weighted by Gasteiger charge is -2.35. The molecular formula is C6H10F3NO. The molecule has 0 aromatic heterocycles. The van der Waals surface area contributed by atoms with Gasteiger partial charge in [0, 0.05) is 13.1 Å². The summed E-state index contributed by atoms with van der Waals surface area (Å²) in [6.45, 7) is 1.51. The molecule has 0 aromatic carbocycles. The van der Waals surface area contributed by atoms with Crippen molar-refractivity contribution >= 4 is 0 Å². The summed E-state index contributed by atoms with van der Waals surface area (Å²) in [6, 6.07) is 0. The van der Waals surface area contributed by atoms with E-state index in [0.717, 1.165) is 6.92 Å². The molecule has 1 atom stereocenters. The molecular weight excluding hydrogens is 159 g/mol. The van der Waals surface area contributed by atoms with Gasteiger partial charge in [-0.05, 0) is 6.92 Å². The number of halogens is 3. The Kier molecular flexibility index (Phi) is 2.11. The quantitative estimate of drug-likeness (QED) is 0.582. The van der Waals surface area contributed by atoms with Crippen molar-refractivity contribution in [2.75, 3.05) is 19.7 Å². The summed E-state index contributed by atoms with van der Waals surface area (Å²) in [4.78, 5) is 0. The van der Waals surface area contributed by atoms with Crippen LogP contribution in [0.15, 0.2) is 0 Å². The van der Waals surface area contributed by atoms with E-state index in [4.69, 9.17) is 0 Å². The number of ether oxygens (including phenoxy) is 1. The van der Waals surface area contributed by atoms with E-state index in [1.807, 2.05) is 0 Å². The molecule has 1 N–H and O–H groups in total. The van der Waals surface area contributed by atoms with Crippen molar-refractivity contribution in [3.63, 3.8) is 0 Å². The van der Waals surface area contributed by atoms with Gasteiger partial charge in [0.1, 0.15) is 0 Å². The molecule has 0 spiro atoms. The van der Waals surface area contributed by atoms with Gasteiger partial charge in [0.25, 0.3) is 0 Å². The van der Waals surface area contributed by atoms with Crippen molar-refractivity contribution in [1.82, 2.24) is 5.32 Å². The van der Waals surface area contributed by atoms with Crippen molar-refractivity contribution in [3.05, 3.63) is 0 Å². The zero-order chi connectivity index (χ0) is 8.54. The molecule has 1 fully saturated rings. The summed E-state index contributed by atoms with van der Waals surface area (Å²) in [5.74, 6) is 0. The van der Waals surface area contributed by atoms with Crippen LogP contribution in [0.4, 0.5) is 13.2 Å². The SMILES string of the molecule is C[C@@]1(C(F)(F)F)CNCCO1. The molecule has 0 radical (unpaired) electrons. The number of alkyl halides is 3. The van der Waals surface area contributed by atoms with Crippen LogP contribution in [0.3, 0.4) is 0 Å². The van der Waals surface area contributed by atoms with E-state index < -0.39 is 11.8 Å². The third-order valence-electron chi connectivity index (χ3n) is 1.76. The predicted octanol–water partition coefficient (Wildman–Crippen LogP) is 0.927. The molecule has 0 aromatic rings. The second kappa shape index (κ2) is 2.64. The summed E-state index contributed by atoms with van der Waals surface area (Å²) in [5.41, 5.74) is -1.99. The van der Waals surface area contributed by atoms with E-state index in [-0.39, 0.29) is 13.2 Å². The molecule has 0 bridgehead atoms. The highest BCUT2D eigenvalue weighted by molar-refractivity contribution is 4.88. The summed E-state index contributed by atoms with van der Waals surface area (Å²) >= 11 is 0. The molecule has 5 heteroatoms. The molecule has 0 unspecified atom stereocenters. The van der Waals surface area contributed by atoms with E-state index >= 15 is 0 Å². The third-order valence-corrected chi connectivity index (χ3v) is 1.76. The number of morpholine rings is 1. The number of rotatable bonds is 0. The lowest BCUT2D eigenvalue weighted by molar-refractivity contribution is -0.275. The van der Waals surface area contributed by atoms with Crippen LogP contribution in [0.5, 0.6) is 0 Å². The summed E-state index contributed by atoms with van der Waals surface area (Å²) in [7, 11) is 0. The molecule has 0 amide bonds. The monoisotopic (exact) mass is 169 g/mol. The Morgan fingerprint density at radius 1 is 1.45 bits per heavy atom. The highest BCUT2D eigenvalue weighted by atomic mass is 19.4. The molecule has 1 heterocycles. The summed E-state index contributed by atoms with van der Waals surface area (Å²) < 4.78 is 41.1. The lowest BCUT2D eigenvalue weighted by atomic mass is 10.1. The van der Waals surface area contributed by atoms with Crippen LogP contribution in [0.1, 0.15) is 6.92 Å². The van der Waals surface area contributed by atoms with Crippen LogP contribution in [-0.2, 0) is 4.74 Å². The van der Waals surface area contributed by atoms with Gasteiger partial charge < -0.3 is 10.1 Å². The van der Waals surface area contributed by atoms with Crippen LogP contribution >= 0.6 is 0 Å². The molecule has 66 valence electrons. The van der Waals surface area contributed by atoms with Crippen molar-refractivity contribution in [2.45, 2.75) is 18.7 Å². The van der Waals surface area contributed by atoms with Gasteiger partial charge in [-0.2, -0.15) is 13.2 Å². The van der Waals surface area contributed by atoms with Crippen LogP contribution in [0.25, 0.3) is 0 Å². The zero-order valence-electron chi connectivity index (χ0n) is 6.16. The standard InChI is InChI=1S/C6H10F3NO/c1-5(6(7,8)9)4-10-2-3-11-5/h10H,2-4H2,1H3/t5-/m0/s1. The third kappa shape index (κ3) is 1.65. The zero-order valence-corrected chi connectivity index (χ0v) is 6.16. The summed E-state index contributed by atoms with van der Waals surface area (Å²) in [6.07, 6.45) is -4.28. The fraction of sp³-hybridized carbons (Fsp3) is 1.00. The Morgan fingerprint density at radius 3 is 2.36 bits per heavy atom. The number of hydrogen-bond acceptors (Lipinski definition) is 2. The second-order valence-corrected chi connectivity index (χ2v) is 2.75. The van der Waals surface area contributed by atoms with Crippen molar-refractivity contribution in [3.8, 4) is 0 Å². The Bertz CT molecular complexity index is 139. The Labute approximate surface area is 62.7 Å². The number of nitrogens with one attached hydrogen (secondary N) is 1. The van der Waals surface area contributed by atoms with E-state index in [1.54, 1.807) is 0 Å². The normalized spacial score (nSPS) is 33.8. The van der Waals surface area contributed by atoms with Gasteiger partial charge in [0.05, 0.1) is 6.61 Å². The van der Waals surface area contributed by atoms with Crippen LogP contribution in [0.2, 0.25) is 0 Å². The first-order valence-corrected chi connectivity index (χ1v) is 3.37. The summed E-state index contributed by atoms with van der Waals surface area (Å²) in [5, 5.41) is 2.64. The highest BCUT2D eigenvalue weighted by Gasteiger charge is 2.52. The van der Waals surface area contributed by atoms with Gasteiger partial charge in [0.15, 0.2) is 5.60 Å².